The van der Waals surface area contributed by atoms with Crippen molar-refractivity contribution < 1.29 is 23.8 Å². The number of likely N-dealkylation sites (tertiary alicyclic amines) is 1. The van der Waals surface area contributed by atoms with Gasteiger partial charge in [-0.05, 0) is 26.2 Å². The van der Waals surface area contributed by atoms with Gasteiger partial charge in [0.25, 0.3) is 0 Å². The van der Waals surface area contributed by atoms with E-state index >= 15 is 0 Å². The smallest absolute Gasteiger partial charge is 0.412 e. The average molecular weight is 259 g/mol. The number of hydrogen-bond donors (Lipinski definition) is 0. The standard InChI is InChI=1S/C12H21NO5/c1-4-8-18-10-7-6-9(11(14)16-3)13(10)12(15)17-5-2/h9-10H,4-8H2,1-3H3/t9-,10?/m0/s1. The van der Waals surface area contributed by atoms with Gasteiger partial charge in [0, 0.05) is 6.61 Å². The highest BCUT2D eigenvalue weighted by atomic mass is 16.6. The second-order valence-electron chi connectivity index (χ2n) is 4.05. The van der Waals surface area contributed by atoms with Crippen molar-refractivity contribution in [3.05, 3.63) is 0 Å². The number of esters is 1. The molecule has 0 aromatic heterocycles. The number of rotatable bonds is 5. The van der Waals surface area contributed by atoms with Crippen molar-refractivity contribution in [2.75, 3.05) is 20.3 Å². The van der Waals surface area contributed by atoms with Gasteiger partial charge < -0.3 is 14.2 Å². The molecule has 1 rings (SSSR count). The van der Waals surface area contributed by atoms with Crippen LogP contribution in [0.5, 0.6) is 0 Å². The fourth-order valence-electron chi connectivity index (χ4n) is 2.01. The fourth-order valence-corrected chi connectivity index (χ4v) is 2.01. The quantitative estimate of drug-likeness (QED) is 0.701. The van der Waals surface area contributed by atoms with Crippen molar-refractivity contribution in [2.24, 2.45) is 0 Å². The van der Waals surface area contributed by atoms with Crippen LogP contribution in [0.25, 0.3) is 0 Å². The van der Waals surface area contributed by atoms with Crippen LogP contribution in [0.2, 0.25) is 0 Å². The lowest BCUT2D eigenvalue weighted by molar-refractivity contribution is -0.148. The Morgan fingerprint density at radius 3 is 2.56 bits per heavy atom. The zero-order valence-corrected chi connectivity index (χ0v) is 11.2. The molecule has 0 aromatic carbocycles. The molecule has 1 aliphatic rings. The lowest BCUT2D eigenvalue weighted by Crippen LogP contribution is -2.46. The maximum Gasteiger partial charge on any atom is 0.412 e. The molecule has 2 atom stereocenters. The van der Waals surface area contributed by atoms with E-state index in [0.29, 0.717) is 19.4 Å². The summed E-state index contributed by atoms with van der Waals surface area (Å²) in [6.45, 7) is 4.53. The summed E-state index contributed by atoms with van der Waals surface area (Å²) in [5.41, 5.74) is 0. The average Bonchev–Trinajstić information content (AvgIpc) is 2.79. The summed E-state index contributed by atoms with van der Waals surface area (Å²) >= 11 is 0. The minimum Gasteiger partial charge on any atom is -0.467 e. The van der Waals surface area contributed by atoms with E-state index in [2.05, 4.69) is 0 Å². The van der Waals surface area contributed by atoms with Crippen molar-refractivity contribution in [1.82, 2.24) is 4.90 Å². The normalized spacial score (nSPS) is 22.9. The van der Waals surface area contributed by atoms with Gasteiger partial charge in [-0.3, -0.25) is 4.90 Å². The first-order valence-electron chi connectivity index (χ1n) is 6.30. The SMILES string of the molecule is CCCOC1CC[C@@H](C(=O)OC)N1C(=O)OCC. The third-order valence-corrected chi connectivity index (χ3v) is 2.80. The maximum absolute atomic E-state index is 11.9. The van der Waals surface area contributed by atoms with Crippen LogP contribution in [0.15, 0.2) is 0 Å². The molecule has 0 radical (unpaired) electrons. The van der Waals surface area contributed by atoms with Crippen LogP contribution in [0, 0.1) is 0 Å². The van der Waals surface area contributed by atoms with Gasteiger partial charge in [0.1, 0.15) is 12.3 Å². The van der Waals surface area contributed by atoms with Gasteiger partial charge in [-0.2, -0.15) is 0 Å². The van der Waals surface area contributed by atoms with Crippen LogP contribution in [0.4, 0.5) is 4.79 Å². The van der Waals surface area contributed by atoms with Crippen molar-refractivity contribution in [2.45, 2.75) is 45.4 Å². The number of methoxy groups -OCH3 is 1. The zero-order valence-electron chi connectivity index (χ0n) is 11.2. The van der Waals surface area contributed by atoms with Gasteiger partial charge in [-0.25, -0.2) is 9.59 Å². The molecule has 1 unspecified atom stereocenters. The molecule has 1 fully saturated rings. The number of nitrogens with zero attached hydrogens (tertiary/aromatic N) is 1. The summed E-state index contributed by atoms with van der Waals surface area (Å²) in [6, 6.07) is -0.601. The van der Waals surface area contributed by atoms with Gasteiger partial charge >= 0.3 is 12.1 Å². The summed E-state index contributed by atoms with van der Waals surface area (Å²) in [5.74, 6) is -0.425. The Morgan fingerprint density at radius 1 is 1.28 bits per heavy atom. The van der Waals surface area contributed by atoms with Crippen LogP contribution in [0.3, 0.4) is 0 Å². The Labute approximate surface area is 107 Å². The largest absolute Gasteiger partial charge is 0.467 e. The molecule has 0 saturated carbocycles. The van der Waals surface area contributed by atoms with Gasteiger partial charge in [-0.15, -0.1) is 0 Å². The van der Waals surface area contributed by atoms with E-state index < -0.39 is 24.3 Å². The highest BCUT2D eigenvalue weighted by Gasteiger charge is 2.43. The predicted octanol–water partition coefficient (Wildman–Crippen LogP) is 1.53. The minimum atomic E-state index is -0.601. The zero-order chi connectivity index (χ0) is 13.5. The second-order valence-corrected chi connectivity index (χ2v) is 4.05. The first kappa shape index (κ1) is 14.8. The van der Waals surface area contributed by atoms with Crippen LogP contribution < -0.4 is 0 Å². The van der Waals surface area contributed by atoms with Gasteiger partial charge in [-0.1, -0.05) is 6.92 Å². The molecule has 6 nitrogen and oxygen atoms in total. The lowest BCUT2D eigenvalue weighted by Gasteiger charge is -2.27. The molecule has 1 amide bonds. The van der Waals surface area contributed by atoms with Crippen LogP contribution in [-0.2, 0) is 19.0 Å². The predicted molar refractivity (Wildman–Crippen MR) is 63.9 cm³/mol. The Balaban J connectivity index is 2.74. The molecule has 0 N–H and O–H groups in total. The van der Waals surface area contributed by atoms with Gasteiger partial charge in [0.2, 0.25) is 0 Å². The molecule has 0 bridgehead atoms. The second kappa shape index (κ2) is 7.20. The fraction of sp³-hybridized carbons (Fsp3) is 0.833. The number of carbonyl (C=O) groups excluding carboxylic acids is 2. The Morgan fingerprint density at radius 2 is 2.00 bits per heavy atom. The van der Waals surface area contributed by atoms with Crippen molar-refractivity contribution in [1.29, 1.82) is 0 Å². The third kappa shape index (κ3) is 3.35. The van der Waals surface area contributed by atoms with E-state index in [4.69, 9.17) is 14.2 Å². The topological polar surface area (TPSA) is 65.1 Å². The summed E-state index contributed by atoms with van der Waals surface area (Å²) in [6.07, 6.45) is 1.11. The summed E-state index contributed by atoms with van der Waals surface area (Å²) in [5, 5.41) is 0. The van der Waals surface area contributed by atoms with Gasteiger partial charge in [0.15, 0.2) is 0 Å². The van der Waals surface area contributed by atoms with E-state index in [1.54, 1.807) is 6.92 Å². The monoisotopic (exact) mass is 259 g/mol. The molecule has 1 heterocycles. The van der Waals surface area contributed by atoms with Gasteiger partial charge in [0.05, 0.1) is 13.7 Å². The van der Waals surface area contributed by atoms with Crippen molar-refractivity contribution in [3.8, 4) is 0 Å². The Bertz CT molecular complexity index is 294. The number of amides is 1. The van der Waals surface area contributed by atoms with E-state index in [1.807, 2.05) is 6.92 Å². The molecule has 104 valence electrons. The number of hydrogen-bond acceptors (Lipinski definition) is 5. The maximum atomic E-state index is 11.9. The summed E-state index contributed by atoms with van der Waals surface area (Å²) < 4.78 is 15.2. The molecule has 18 heavy (non-hydrogen) atoms. The highest BCUT2D eigenvalue weighted by molar-refractivity contribution is 5.82. The minimum absolute atomic E-state index is 0.268. The van der Waals surface area contributed by atoms with E-state index in [9.17, 15) is 9.59 Å². The molecular formula is C12H21NO5. The molecule has 0 spiro atoms. The lowest BCUT2D eigenvalue weighted by atomic mass is 10.2. The van der Waals surface area contributed by atoms with Crippen LogP contribution in [-0.4, -0.2) is 49.6 Å². The molecule has 0 aliphatic carbocycles. The van der Waals surface area contributed by atoms with Crippen LogP contribution >= 0.6 is 0 Å². The van der Waals surface area contributed by atoms with E-state index in [0.717, 1.165) is 6.42 Å². The summed E-state index contributed by atoms with van der Waals surface area (Å²) in [4.78, 5) is 24.8. The molecular weight excluding hydrogens is 238 g/mol. The van der Waals surface area contributed by atoms with E-state index in [-0.39, 0.29) is 6.61 Å². The molecule has 6 heteroatoms. The number of carbonyl (C=O) groups is 2. The number of ether oxygens (including phenoxy) is 3. The molecule has 1 saturated heterocycles. The van der Waals surface area contributed by atoms with Crippen molar-refractivity contribution >= 4 is 12.1 Å². The van der Waals surface area contributed by atoms with E-state index in [1.165, 1.54) is 12.0 Å². The van der Waals surface area contributed by atoms with Crippen LogP contribution in [0.1, 0.15) is 33.1 Å². The Kier molecular flexibility index (Phi) is 5.91. The third-order valence-electron chi connectivity index (χ3n) is 2.80. The summed E-state index contributed by atoms with van der Waals surface area (Å²) in [7, 11) is 1.31. The Hall–Kier alpha value is -1.30. The van der Waals surface area contributed by atoms with Crippen molar-refractivity contribution in [3.63, 3.8) is 0 Å². The first-order chi connectivity index (χ1) is 8.65. The first-order valence-corrected chi connectivity index (χ1v) is 6.30. The molecule has 0 aromatic rings. The highest BCUT2D eigenvalue weighted by Crippen LogP contribution is 2.27. The molecule has 1 aliphatic heterocycles.